The molecule has 1 aromatic carbocycles. The van der Waals surface area contributed by atoms with Crippen molar-refractivity contribution in [2.75, 3.05) is 19.4 Å². The molecule has 0 amide bonds. The average Bonchev–Trinajstić information content (AvgIpc) is 2.60. The van der Waals surface area contributed by atoms with Gasteiger partial charge in [0.15, 0.2) is 6.29 Å². The Morgan fingerprint density at radius 2 is 2.00 bits per heavy atom. The molecule has 0 aliphatic heterocycles. The van der Waals surface area contributed by atoms with Gasteiger partial charge in [0.05, 0.1) is 30.1 Å². The fourth-order valence-corrected chi connectivity index (χ4v) is 2.46. The number of rotatable bonds is 6. The number of hydrogen-bond acceptors (Lipinski definition) is 5. The van der Waals surface area contributed by atoms with Crippen molar-refractivity contribution in [2.45, 2.75) is 13.5 Å². The van der Waals surface area contributed by atoms with E-state index in [0.717, 1.165) is 5.56 Å². The van der Waals surface area contributed by atoms with Crippen molar-refractivity contribution in [3.63, 3.8) is 0 Å². The van der Waals surface area contributed by atoms with Gasteiger partial charge in [-0.05, 0) is 24.6 Å². The Balaban J connectivity index is 2.60. The minimum absolute atomic E-state index is 0.0430. The van der Waals surface area contributed by atoms with Crippen LogP contribution in [0.15, 0.2) is 34.1 Å². The van der Waals surface area contributed by atoms with E-state index < -0.39 is 5.56 Å². The summed E-state index contributed by atoms with van der Waals surface area (Å²) < 4.78 is 6.51. The molecule has 1 aromatic heterocycles. The van der Waals surface area contributed by atoms with E-state index >= 15 is 0 Å². The molecule has 0 saturated heterocycles. The first kappa shape index (κ1) is 17.7. The second-order valence-electron chi connectivity index (χ2n) is 5.01. The second-order valence-corrected chi connectivity index (χ2v) is 5.39. The lowest BCUT2D eigenvalue weighted by atomic mass is 10.1. The molecular formula is C17H18ClN3O3. The summed E-state index contributed by atoms with van der Waals surface area (Å²) in [5.41, 5.74) is 6.74. The molecule has 0 fully saturated rings. The Bertz CT molecular complexity index is 826. The van der Waals surface area contributed by atoms with E-state index in [-0.39, 0.29) is 22.8 Å². The molecule has 7 heteroatoms. The number of carbonyl (C=O) groups excluding carboxylic acids is 1. The number of ether oxygens (including phenoxy) is 1. The first-order chi connectivity index (χ1) is 11.5. The van der Waals surface area contributed by atoms with E-state index in [9.17, 15) is 9.59 Å². The predicted molar refractivity (Wildman–Crippen MR) is 95.7 cm³/mol. The number of aliphatic imine (C=N–C) groups is 1. The highest BCUT2D eigenvalue weighted by Gasteiger charge is 2.17. The smallest absolute Gasteiger partial charge is 0.263 e. The van der Waals surface area contributed by atoms with Crippen molar-refractivity contribution in [3.05, 3.63) is 56.5 Å². The molecule has 0 radical (unpaired) electrons. The molecule has 0 saturated carbocycles. The number of nitrogens with two attached hydrogens (primary N) is 1. The van der Waals surface area contributed by atoms with Crippen LogP contribution in [-0.4, -0.2) is 30.7 Å². The van der Waals surface area contributed by atoms with Crippen molar-refractivity contribution in [3.8, 4) is 5.75 Å². The molecule has 6 nitrogen and oxygen atoms in total. The zero-order valence-corrected chi connectivity index (χ0v) is 14.2. The van der Waals surface area contributed by atoms with E-state index in [1.165, 1.54) is 10.8 Å². The number of aldehydes is 1. The molecule has 0 spiro atoms. The summed E-state index contributed by atoms with van der Waals surface area (Å²) in [6, 6.07) is 7.25. The van der Waals surface area contributed by atoms with Gasteiger partial charge in [-0.2, -0.15) is 0 Å². The average molecular weight is 348 g/mol. The zero-order chi connectivity index (χ0) is 17.7. The molecule has 126 valence electrons. The molecular weight excluding hydrogens is 330 g/mol. The number of benzene rings is 1. The molecule has 0 bridgehead atoms. The summed E-state index contributed by atoms with van der Waals surface area (Å²) in [6.07, 6.45) is 1.92. The van der Waals surface area contributed by atoms with Crippen LogP contribution in [-0.2, 0) is 6.54 Å². The van der Waals surface area contributed by atoms with Crippen LogP contribution in [0.2, 0.25) is 5.02 Å². The maximum atomic E-state index is 12.6. The van der Waals surface area contributed by atoms with Crippen LogP contribution in [0.4, 0.5) is 5.69 Å². The highest BCUT2D eigenvalue weighted by molar-refractivity contribution is 6.35. The van der Waals surface area contributed by atoms with Crippen molar-refractivity contribution < 1.29 is 9.53 Å². The third kappa shape index (κ3) is 3.49. The number of nitrogens with zero attached hydrogens (tertiary/aromatic N) is 2. The van der Waals surface area contributed by atoms with Gasteiger partial charge >= 0.3 is 0 Å². The van der Waals surface area contributed by atoms with Crippen LogP contribution in [0.5, 0.6) is 5.75 Å². The largest absolute Gasteiger partial charge is 0.497 e. The van der Waals surface area contributed by atoms with Gasteiger partial charge in [0.2, 0.25) is 0 Å². The number of aromatic nitrogens is 1. The van der Waals surface area contributed by atoms with Crippen molar-refractivity contribution in [2.24, 2.45) is 4.99 Å². The Hall–Kier alpha value is -2.60. The van der Waals surface area contributed by atoms with Crippen molar-refractivity contribution >= 4 is 29.8 Å². The summed E-state index contributed by atoms with van der Waals surface area (Å²) in [5.74, 6) is 0.711. The topological polar surface area (TPSA) is 86.7 Å². The number of methoxy groups -OCH3 is 1. The molecule has 0 atom stereocenters. The number of hydrogen-bond donors (Lipinski definition) is 1. The molecule has 0 aliphatic rings. The Labute approximate surface area is 144 Å². The highest BCUT2D eigenvalue weighted by Crippen LogP contribution is 2.23. The number of anilines is 1. The molecule has 24 heavy (non-hydrogen) atoms. The molecule has 0 unspecified atom stereocenters. The zero-order valence-electron chi connectivity index (χ0n) is 13.5. The standard InChI is InChI=1S/C17H18ClN3O3/c1-3-20-8-14-16(19)15(18)13(10-22)17(23)21(14)9-11-4-6-12(24-2)7-5-11/h4-8,10H,3,9,19H2,1-2H3. The normalized spacial score (nSPS) is 11.0. The first-order valence-corrected chi connectivity index (χ1v) is 7.71. The van der Waals surface area contributed by atoms with Gasteiger partial charge in [-0.1, -0.05) is 23.7 Å². The lowest BCUT2D eigenvalue weighted by Crippen LogP contribution is -2.29. The molecule has 2 aromatic rings. The summed E-state index contributed by atoms with van der Waals surface area (Å²) >= 11 is 6.05. The Morgan fingerprint density at radius 3 is 2.54 bits per heavy atom. The van der Waals surface area contributed by atoms with Gasteiger partial charge in [-0.3, -0.25) is 14.6 Å². The first-order valence-electron chi connectivity index (χ1n) is 7.33. The molecule has 2 rings (SSSR count). The monoisotopic (exact) mass is 347 g/mol. The van der Waals surface area contributed by atoms with Gasteiger partial charge in [0.25, 0.3) is 5.56 Å². The van der Waals surface area contributed by atoms with Crippen LogP contribution in [0, 0.1) is 0 Å². The minimum atomic E-state index is -0.502. The fraction of sp³-hybridized carbons (Fsp3) is 0.235. The van der Waals surface area contributed by atoms with E-state index in [2.05, 4.69) is 4.99 Å². The second kappa shape index (κ2) is 7.79. The summed E-state index contributed by atoms with van der Waals surface area (Å²) in [6.45, 7) is 2.62. The van der Waals surface area contributed by atoms with Gasteiger partial charge in [0, 0.05) is 12.8 Å². The van der Waals surface area contributed by atoms with Crippen molar-refractivity contribution in [1.82, 2.24) is 4.57 Å². The Morgan fingerprint density at radius 1 is 1.33 bits per heavy atom. The molecule has 2 N–H and O–H groups in total. The molecule has 0 aliphatic carbocycles. The fourth-order valence-electron chi connectivity index (χ4n) is 2.24. The van der Waals surface area contributed by atoms with Gasteiger partial charge < -0.3 is 15.0 Å². The van der Waals surface area contributed by atoms with Gasteiger partial charge in [-0.15, -0.1) is 0 Å². The highest BCUT2D eigenvalue weighted by atomic mass is 35.5. The Kier molecular flexibility index (Phi) is 5.76. The van der Waals surface area contributed by atoms with Crippen molar-refractivity contribution in [1.29, 1.82) is 0 Å². The van der Waals surface area contributed by atoms with Crippen LogP contribution in [0.25, 0.3) is 0 Å². The maximum absolute atomic E-state index is 12.6. The van der Waals surface area contributed by atoms with Crippen LogP contribution in [0.3, 0.4) is 0 Å². The van der Waals surface area contributed by atoms with E-state index in [1.807, 2.05) is 19.1 Å². The lowest BCUT2D eigenvalue weighted by molar-refractivity contribution is 0.112. The minimum Gasteiger partial charge on any atom is -0.497 e. The predicted octanol–water partition coefficient (Wildman–Crippen LogP) is 2.39. The number of halogens is 1. The van der Waals surface area contributed by atoms with Crippen LogP contribution >= 0.6 is 11.6 Å². The lowest BCUT2D eigenvalue weighted by Gasteiger charge is -2.15. The quantitative estimate of drug-likeness (QED) is 0.642. The maximum Gasteiger partial charge on any atom is 0.263 e. The van der Waals surface area contributed by atoms with Gasteiger partial charge in [0.1, 0.15) is 11.3 Å². The number of carbonyl (C=O) groups is 1. The summed E-state index contributed by atoms with van der Waals surface area (Å²) in [4.78, 5) is 27.9. The third-order valence-electron chi connectivity index (χ3n) is 3.53. The molecule has 1 heterocycles. The van der Waals surface area contributed by atoms with E-state index in [1.54, 1.807) is 19.2 Å². The van der Waals surface area contributed by atoms with Crippen LogP contribution < -0.4 is 16.0 Å². The SMILES string of the molecule is CCN=Cc1c(N)c(Cl)c(C=O)c(=O)n1Cc1ccc(OC)cc1. The number of pyridine rings is 1. The third-order valence-corrected chi connectivity index (χ3v) is 3.94. The van der Waals surface area contributed by atoms with E-state index in [0.29, 0.717) is 24.3 Å². The van der Waals surface area contributed by atoms with Gasteiger partial charge in [-0.25, -0.2) is 0 Å². The summed E-state index contributed by atoms with van der Waals surface area (Å²) in [5, 5.41) is -0.0430. The van der Waals surface area contributed by atoms with Crippen LogP contribution in [0.1, 0.15) is 28.5 Å². The number of nitrogen functional groups attached to an aromatic ring is 1. The summed E-state index contributed by atoms with van der Waals surface area (Å²) in [7, 11) is 1.58. The van der Waals surface area contributed by atoms with E-state index in [4.69, 9.17) is 22.1 Å².